The minimum atomic E-state index is 0. The summed E-state index contributed by atoms with van der Waals surface area (Å²) in [6.45, 7) is 2.29. The molecule has 106 valence electrons. The zero-order chi connectivity index (χ0) is 12.6. The molecule has 0 bridgehead atoms. The number of hydrogen-bond acceptors (Lipinski definition) is 0. The summed E-state index contributed by atoms with van der Waals surface area (Å²) in [5.74, 6) is 0. The minimum Gasteiger partial charge on any atom is -1.00 e. The predicted molar refractivity (Wildman–Crippen MR) is 80.9 cm³/mol. The minimum absolute atomic E-state index is 0. The summed E-state index contributed by atoms with van der Waals surface area (Å²) in [5, 5.41) is 0. The van der Waals surface area contributed by atoms with Crippen molar-refractivity contribution in [3.63, 3.8) is 0 Å². The molecule has 0 saturated carbocycles. The smallest absolute Gasteiger partial charge is 1.00 e. The third kappa shape index (κ3) is 19.8. The first-order valence-electron chi connectivity index (χ1n) is 8.21. The second kappa shape index (κ2) is 20.8. The van der Waals surface area contributed by atoms with E-state index < -0.39 is 0 Å². The van der Waals surface area contributed by atoms with Crippen molar-refractivity contribution in [1.29, 1.82) is 0 Å². The molecule has 0 aliphatic heterocycles. The first-order chi connectivity index (χ1) is 8.41. The molecule has 0 radical (unpaired) electrons. The van der Waals surface area contributed by atoms with Crippen molar-refractivity contribution in [1.82, 2.24) is 0 Å². The SMILES string of the molecule is CCCCCCCCCCCCCCC[CH2][Mg+].[I-]. The number of unbranched alkanes of at least 4 members (excludes halogenated alkanes) is 13. The summed E-state index contributed by atoms with van der Waals surface area (Å²) in [6, 6.07) is 0. The fourth-order valence-electron chi connectivity index (χ4n) is 2.37. The van der Waals surface area contributed by atoms with Gasteiger partial charge in [-0.25, -0.2) is 0 Å². The topological polar surface area (TPSA) is 0 Å². The molecule has 0 aromatic rings. The first kappa shape index (κ1) is 21.8. The van der Waals surface area contributed by atoms with Crippen LogP contribution in [0.3, 0.4) is 0 Å². The van der Waals surface area contributed by atoms with Gasteiger partial charge in [0.05, 0.1) is 0 Å². The van der Waals surface area contributed by atoms with E-state index in [-0.39, 0.29) is 24.0 Å². The monoisotopic (exact) mass is 376 g/mol. The van der Waals surface area contributed by atoms with Gasteiger partial charge in [0.2, 0.25) is 0 Å². The van der Waals surface area contributed by atoms with Crippen LogP contribution in [0.25, 0.3) is 0 Å². The molecule has 0 amide bonds. The van der Waals surface area contributed by atoms with Crippen LogP contribution in [0, 0.1) is 0 Å². The summed E-state index contributed by atoms with van der Waals surface area (Å²) >= 11 is 2.12. The van der Waals surface area contributed by atoms with E-state index in [2.05, 4.69) is 28.6 Å². The third-order valence-electron chi connectivity index (χ3n) is 3.60. The summed E-state index contributed by atoms with van der Waals surface area (Å²) in [7, 11) is 0. The molecule has 0 saturated heterocycles. The van der Waals surface area contributed by atoms with Crippen LogP contribution in [-0.2, 0) is 0 Å². The average molecular weight is 377 g/mol. The van der Waals surface area contributed by atoms with Gasteiger partial charge in [-0.05, 0) is 0 Å². The summed E-state index contributed by atoms with van der Waals surface area (Å²) < 4.78 is 1.40. The average Bonchev–Trinajstić information content (AvgIpc) is 2.35. The number of halogens is 1. The van der Waals surface area contributed by atoms with Crippen LogP contribution < -0.4 is 24.0 Å². The molecule has 0 nitrogen and oxygen atoms in total. The van der Waals surface area contributed by atoms with Crippen LogP contribution in [0.2, 0.25) is 4.55 Å². The number of rotatable bonds is 14. The van der Waals surface area contributed by atoms with E-state index in [1.165, 1.54) is 94.4 Å². The Hall–Kier alpha value is 1.50. The van der Waals surface area contributed by atoms with Crippen LogP contribution in [0.4, 0.5) is 0 Å². The van der Waals surface area contributed by atoms with E-state index >= 15 is 0 Å². The largest absolute Gasteiger partial charge is 1.00 e. The molecule has 0 spiro atoms. The summed E-state index contributed by atoms with van der Waals surface area (Å²) in [4.78, 5) is 0. The Bertz CT molecular complexity index is 114. The van der Waals surface area contributed by atoms with Crippen molar-refractivity contribution in [3.8, 4) is 0 Å². The predicted octanol–water partition coefficient (Wildman–Crippen LogP) is 3.06. The molecule has 0 atom stereocenters. The Balaban J connectivity index is 0. The Morgan fingerprint density at radius 3 is 1.06 bits per heavy atom. The molecule has 0 aliphatic carbocycles. The fraction of sp³-hybridized carbons (Fsp3) is 1.00. The molecule has 0 aromatic carbocycles. The first-order valence-corrected chi connectivity index (χ1v) is 9.21. The van der Waals surface area contributed by atoms with Crippen molar-refractivity contribution in [2.24, 2.45) is 0 Å². The van der Waals surface area contributed by atoms with Gasteiger partial charge >= 0.3 is 96.9 Å². The van der Waals surface area contributed by atoms with Crippen molar-refractivity contribution in [3.05, 3.63) is 0 Å². The molecular weight excluding hydrogens is 343 g/mol. The second-order valence-corrected chi connectivity index (χ2v) is 6.16. The maximum Gasteiger partial charge on any atom is -1.00 e. The van der Waals surface area contributed by atoms with E-state index in [1.807, 2.05) is 0 Å². The van der Waals surface area contributed by atoms with Crippen LogP contribution in [0.15, 0.2) is 0 Å². The Labute approximate surface area is 146 Å². The van der Waals surface area contributed by atoms with Crippen LogP contribution in [-0.4, -0.2) is 21.7 Å². The molecule has 0 aromatic heterocycles. The number of hydrogen-bond donors (Lipinski definition) is 0. The quantitative estimate of drug-likeness (QED) is 0.248. The van der Waals surface area contributed by atoms with Gasteiger partial charge in [-0.3, -0.25) is 0 Å². The van der Waals surface area contributed by atoms with Gasteiger partial charge in [0.25, 0.3) is 0 Å². The van der Waals surface area contributed by atoms with Gasteiger partial charge in [-0.2, -0.15) is 0 Å². The zero-order valence-corrected chi connectivity index (χ0v) is 16.3. The van der Waals surface area contributed by atoms with Crippen molar-refractivity contribution in [2.75, 3.05) is 0 Å². The Morgan fingerprint density at radius 2 is 0.778 bits per heavy atom. The second-order valence-electron chi connectivity index (χ2n) is 5.45. The summed E-state index contributed by atoms with van der Waals surface area (Å²) in [6.07, 6.45) is 20.6. The molecule has 0 N–H and O–H groups in total. The molecule has 0 unspecified atom stereocenters. The van der Waals surface area contributed by atoms with Crippen molar-refractivity contribution >= 4 is 21.7 Å². The van der Waals surface area contributed by atoms with Gasteiger partial charge in [-0.15, -0.1) is 0 Å². The maximum absolute atomic E-state index is 2.29. The van der Waals surface area contributed by atoms with Gasteiger partial charge in [0.15, 0.2) is 0 Å². The van der Waals surface area contributed by atoms with Crippen molar-refractivity contribution < 1.29 is 24.0 Å². The Kier molecular flexibility index (Phi) is 25.2. The van der Waals surface area contributed by atoms with Gasteiger partial charge < -0.3 is 24.0 Å². The van der Waals surface area contributed by atoms with Gasteiger partial charge in [0, 0.05) is 0 Å². The molecule has 2 heteroatoms. The molecule has 0 aliphatic rings. The Morgan fingerprint density at radius 1 is 0.500 bits per heavy atom. The van der Waals surface area contributed by atoms with E-state index in [0.29, 0.717) is 0 Å². The normalized spacial score (nSPS) is 10.4. The summed E-state index contributed by atoms with van der Waals surface area (Å²) in [5.41, 5.74) is 0. The molecule has 0 heterocycles. The van der Waals surface area contributed by atoms with Crippen LogP contribution >= 0.6 is 0 Å². The zero-order valence-electron chi connectivity index (χ0n) is 12.7. The van der Waals surface area contributed by atoms with E-state index in [9.17, 15) is 0 Å². The van der Waals surface area contributed by atoms with Gasteiger partial charge in [-0.1, -0.05) is 26.2 Å². The van der Waals surface area contributed by atoms with Crippen LogP contribution in [0.1, 0.15) is 96.8 Å². The van der Waals surface area contributed by atoms with E-state index in [1.54, 1.807) is 0 Å². The van der Waals surface area contributed by atoms with E-state index in [4.69, 9.17) is 0 Å². The maximum atomic E-state index is 2.29. The molecule has 0 fully saturated rings. The van der Waals surface area contributed by atoms with E-state index in [0.717, 1.165) is 0 Å². The van der Waals surface area contributed by atoms with Crippen molar-refractivity contribution in [2.45, 2.75) is 101 Å². The van der Waals surface area contributed by atoms with Crippen LogP contribution in [0.5, 0.6) is 0 Å². The standard InChI is InChI=1S/C16H33.HI.Mg/c1-3-5-7-9-11-13-15-16-14-12-10-8-6-4-2;;/h1,3-16H2,2H3;1H;/q;;+1/p-1. The third-order valence-corrected chi connectivity index (χ3v) is 4.10. The fourth-order valence-corrected chi connectivity index (χ4v) is 2.72. The molecule has 18 heavy (non-hydrogen) atoms. The van der Waals surface area contributed by atoms with Gasteiger partial charge in [0.1, 0.15) is 0 Å². The molecule has 0 rings (SSSR count). The molecular formula is C16H33IMg.